The normalized spacial score (nSPS) is 16.0. The first kappa shape index (κ1) is 24.6. The molecule has 1 aliphatic heterocycles. The number of para-hydroxylation sites is 1. The number of nitrogens with one attached hydrogen (secondary N) is 1. The zero-order valence-electron chi connectivity index (χ0n) is 20.3. The molecule has 2 amide bonds. The number of carbonyl (C=O) groups excluding carboxylic acids is 2. The first-order valence-electron chi connectivity index (χ1n) is 12.4. The van der Waals surface area contributed by atoms with Gasteiger partial charge in [-0.05, 0) is 36.6 Å². The summed E-state index contributed by atoms with van der Waals surface area (Å²) in [7, 11) is 0. The summed E-state index contributed by atoms with van der Waals surface area (Å²) in [5, 5.41) is 11.2. The van der Waals surface area contributed by atoms with Crippen LogP contribution in [0.5, 0.6) is 0 Å². The van der Waals surface area contributed by atoms with Crippen LogP contribution in [0.3, 0.4) is 0 Å². The average Bonchev–Trinajstić information content (AvgIpc) is 3.59. The molecule has 4 aromatic rings. The topological polar surface area (TPSA) is 89.4 Å². The predicted octanol–water partition coefficient (Wildman–Crippen LogP) is 3.64. The van der Waals surface area contributed by atoms with Crippen LogP contribution in [0, 0.1) is 5.82 Å². The van der Waals surface area contributed by atoms with Gasteiger partial charge >= 0.3 is 0 Å². The van der Waals surface area contributed by atoms with Gasteiger partial charge in [-0.2, -0.15) is 0 Å². The molecule has 1 saturated heterocycles. The molecule has 190 valence electrons. The molecule has 8 nitrogen and oxygen atoms in total. The second kappa shape index (κ2) is 11.3. The smallest absolute Gasteiger partial charge is 0.247 e. The van der Waals surface area contributed by atoms with E-state index in [9.17, 15) is 14.0 Å². The van der Waals surface area contributed by atoms with E-state index in [4.69, 9.17) is 4.74 Å². The molecule has 0 saturated carbocycles. The van der Waals surface area contributed by atoms with Crippen LogP contribution in [0.25, 0.3) is 11.0 Å². The Bertz CT molecular complexity index is 1370. The van der Waals surface area contributed by atoms with Crippen LogP contribution in [0.2, 0.25) is 0 Å². The van der Waals surface area contributed by atoms with E-state index >= 15 is 0 Å². The molecule has 0 spiro atoms. The predicted molar refractivity (Wildman–Crippen MR) is 136 cm³/mol. The summed E-state index contributed by atoms with van der Waals surface area (Å²) in [5.74, 6) is -1.19. The largest absolute Gasteiger partial charge is 0.376 e. The molecule has 0 radical (unpaired) electrons. The molecule has 37 heavy (non-hydrogen) atoms. The highest BCUT2D eigenvalue weighted by molar-refractivity contribution is 5.89. The van der Waals surface area contributed by atoms with Crippen molar-refractivity contribution in [3.63, 3.8) is 0 Å². The maximum Gasteiger partial charge on any atom is 0.247 e. The van der Waals surface area contributed by atoms with Gasteiger partial charge in [0.2, 0.25) is 11.8 Å². The second-order valence-corrected chi connectivity index (χ2v) is 9.04. The quantitative estimate of drug-likeness (QED) is 0.378. The Kier molecular flexibility index (Phi) is 7.51. The summed E-state index contributed by atoms with van der Waals surface area (Å²) in [4.78, 5) is 28.9. The Morgan fingerprint density at radius 2 is 1.81 bits per heavy atom. The van der Waals surface area contributed by atoms with Crippen molar-refractivity contribution in [2.45, 2.75) is 38.1 Å². The molecule has 1 N–H and O–H groups in total. The summed E-state index contributed by atoms with van der Waals surface area (Å²) in [5.41, 5.74) is 2.29. The van der Waals surface area contributed by atoms with Crippen molar-refractivity contribution in [1.82, 2.24) is 25.2 Å². The van der Waals surface area contributed by atoms with Gasteiger partial charge in [0.25, 0.3) is 0 Å². The summed E-state index contributed by atoms with van der Waals surface area (Å²) in [6.45, 7) is 0.770. The summed E-state index contributed by atoms with van der Waals surface area (Å²) < 4.78 is 21.9. The molecule has 0 bridgehead atoms. The summed E-state index contributed by atoms with van der Waals surface area (Å²) >= 11 is 0. The minimum absolute atomic E-state index is 0.0578. The van der Waals surface area contributed by atoms with Crippen LogP contribution >= 0.6 is 0 Å². The van der Waals surface area contributed by atoms with Gasteiger partial charge in [0.1, 0.15) is 23.9 Å². The summed E-state index contributed by atoms with van der Waals surface area (Å²) in [6, 6.07) is 21.7. The lowest BCUT2D eigenvalue weighted by atomic mass is 10.0. The SMILES string of the molecule is O=C(NC[C@H]1CCCO1)[C@@H](c1ccccc1)N(Cc1ccccc1F)C(=O)Cn1nnc2ccccc21. The molecular weight excluding hydrogens is 473 g/mol. The van der Waals surface area contributed by atoms with E-state index in [2.05, 4.69) is 15.6 Å². The number of amides is 2. The number of aromatic nitrogens is 3. The molecule has 0 aliphatic carbocycles. The van der Waals surface area contributed by atoms with Crippen LogP contribution in [0.15, 0.2) is 78.9 Å². The van der Waals surface area contributed by atoms with E-state index in [0.717, 1.165) is 12.8 Å². The van der Waals surface area contributed by atoms with Gasteiger partial charge in [-0.3, -0.25) is 9.59 Å². The van der Waals surface area contributed by atoms with Gasteiger partial charge in [0, 0.05) is 25.3 Å². The van der Waals surface area contributed by atoms with Crippen LogP contribution in [-0.4, -0.2) is 51.0 Å². The molecule has 2 heterocycles. The minimum Gasteiger partial charge on any atom is -0.376 e. The van der Waals surface area contributed by atoms with Gasteiger partial charge < -0.3 is 15.0 Å². The first-order chi connectivity index (χ1) is 18.1. The van der Waals surface area contributed by atoms with Gasteiger partial charge in [-0.1, -0.05) is 65.9 Å². The molecular formula is C28H28FN5O3. The minimum atomic E-state index is -0.982. The maximum absolute atomic E-state index is 14.7. The molecule has 3 aromatic carbocycles. The van der Waals surface area contributed by atoms with E-state index in [1.54, 1.807) is 30.3 Å². The van der Waals surface area contributed by atoms with Crippen molar-refractivity contribution in [2.75, 3.05) is 13.2 Å². The second-order valence-electron chi connectivity index (χ2n) is 9.04. The Hall–Kier alpha value is -4.11. The number of rotatable bonds is 9. The van der Waals surface area contributed by atoms with E-state index in [1.807, 2.05) is 42.5 Å². The van der Waals surface area contributed by atoms with E-state index in [-0.39, 0.29) is 31.0 Å². The third-order valence-electron chi connectivity index (χ3n) is 6.53. The average molecular weight is 502 g/mol. The molecule has 5 rings (SSSR count). The maximum atomic E-state index is 14.7. The number of benzene rings is 3. The molecule has 1 fully saturated rings. The highest BCUT2D eigenvalue weighted by Crippen LogP contribution is 2.26. The van der Waals surface area contributed by atoms with E-state index < -0.39 is 11.9 Å². The van der Waals surface area contributed by atoms with E-state index in [1.165, 1.54) is 15.6 Å². The summed E-state index contributed by atoms with van der Waals surface area (Å²) in [6.07, 6.45) is 1.76. The lowest BCUT2D eigenvalue weighted by Crippen LogP contribution is -2.46. The third-order valence-corrected chi connectivity index (χ3v) is 6.53. The molecule has 1 aliphatic rings. The lowest BCUT2D eigenvalue weighted by molar-refractivity contribution is -0.142. The van der Waals surface area contributed by atoms with Crippen molar-refractivity contribution >= 4 is 22.8 Å². The number of fused-ring (bicyclic) bond motifs is 1. The number of halogens is 1. The fourth-order valence-electron chi connectivity index (χ4n) is 4.61. The Morgan fingerprint density at radius 3 is 2.59 bits per heavy atom. The number of ether oxygens (including phenoxy) is 1. The molecule has 9 heteroatoms. The lowest BCUT2D eigenvalue weighted by Gasteiger charge is -2.32. The third kappa shape index (κ3) is 5.67. The molecule has 2 atom stereocenters. The molecule has 0 unspecified atom stereocenters. The van der Waals surface area contributed by atoms with E-state index in [0.29, 0.717) is 35.3 Å². The highest BCUT2D eigenvalue weighted by atomic mass is 19.1. The fourth-order valence-corrected chi connectivity index (χ4v) is 4.61. The molecule has 1 aromatic heterocycles. The van der Waals surface area contributed by atoms with Crippen LogP contribution in [0.4, 0.5) is 4.39 Å². The van der Waals surface area contributed by atoms with Crippen molar-refractivity contribution in [3.05, 3.63) is 95.8 Å². The number of hydrogen-bond donors (Lipinski definition) is 1. The zero-order valence-corrected chi connectivity index (χ0v) is 20.3. The standard InChI is InChI=1S/C28H28FN5O3/c29-23-13-5-4-11-21(23)18-33(26(35)19-34-25-15-7-6-14-24(25)31-32-34)27(20-9-2-1-3-10-20)28(36)30-17-22-12-8-16-37-22/h1-7,9-11,13-15,22,27H,8,12,16-19H2,(H,30,36)/t22-,27-/m1/s1. The Labute approximate surface area is 214 Å². The fraction of sp³-hybridized carbons (Fsp3) is 0.286. The van der Waals surface area contributed by atoms with Crippen molar-refractivity contribution in [2.24, 2.45) is 0 Å². The van der Waals surface area contributed by atoms with Crippen molar-refractivity contribution in [1.29, 1.82) is 0 Å². The number of carbonyl (C=O) groups is 2. The Balaban J connectivity index is 1.49. The van der Waals surface area contributed by atoms with Crippen LogP contribution in [0.1, 0.15) is 30.0 Å². The number of hydrogen-bond acceptors (Lipinski definition) is 5. The first-order valence-corrected chi connectivity index (χ1v) is 12.4. The zero-order chi connectivity index (χ0) is 25.6. The van der Waals surface area contributed by atoms with Crippen molar-refractivity contribution in [3.8, 4) is 0 Å². The number of nitrogens with zero attached hydrogens (tertiary/aromatic N) is 4. The van der Waals surface area contributed by atoms with Gasteiger partial charge in [0.05, 0.1) is 11.6 Å². The van der Waals surface area contributed by atoms with Crippen LogP contribution < -0.4 is 5.32 Å². The van der Waals surface area contributed by atoms with Crippen molar-refractivity contribution < 1.29 is 18.7 Å². The van der Waals surface area contributed by atoms with Crippen LogP contribution in [-0.2, 0) is 27.4 Å². The highest BCUT2D eigenvalue weighted by Gasteiger charge is 2.33. The van der Waals surface area contributed by atoms with Gasteiger partial charge in [-0.25, -0.2) is 9.07 Å². The Morgan fingerprint density at radius 1 is 1.05 bits per heavy atom. The van der Waals surface area contributed by atoms with Gasteiger partial charge in [-0.15, -0.1) is 5.10 Å². The van der Waals surface area contributed by atoms with Gasteiger partial charge in [0.15, 0.2) is 0 Å². The monoisotopic (exact) mass is 501 g/mol.